The van der Waals surface area contributed by atoms with Crippen LogP contribution in [0.25, 0.3) is 0 Å². The third-order valence-corrected chi connectivity index (χ3v) is 3.02. The van der Waals surface area contributed by atoms with Gasteiger partial charge >= 0.3 is 0 Å². The van der Waals surface area contributed by atoms with Gasteiger partial charge in [-0.25, -0.2) is 9.97 Å². The average Bonchev–Trinajstić information content (AvgIpc) is 2.67. The van der Waals surface area contributed by atoms with E-state index < -0.39 is 0 Å². The van der Waals surface area contributed by atoms with Crippen LogP contribution in [0, 0.1) is 11.3 Å². The molecule has 1 amide bonds. The van der Waals surface area contributed by atoms with E-state index in [2.05, 4.69) is 9.97 Å². The maximum absolute atomic E-state index is 11.7. The fourth-order valence-electron chi connectivity index (χ4n) is 1.68. The van der Waals surface area contributed by atoms with Crippen molar-refractivity contribution in [3.8, 4) is 6.07 Å². The van der Waals surface area contributed by atoms with Crippen molar-refractivity contribution < 1.29 is 4.79 Å². The molecule has 2 rings (SSSR count). The normalized spacial score (nSPS) is 19.5. The Bertz CT molecular complexity index is 498. The van der Waals surface area contributed by atoms with Crippen molar-refractivity contribution in [2.45, 2.75) is 17.6 Å². The molecule has 1 unspecified atom stereocenters. The lowest BCUT2D eigenvalue weighted by atomic mass is 10.3. The summed E-state index contributed by atoms with van der Waals surface area (Å²) in [6, 6.07) is 1.80. The van der Waals surface area contributed by atoms with Crippen molar-refractivity contribution in [2.75, 3.05) is 17.7 Å². The SMILES string of the molecule is CSc1ncc(C#N)c(N2CC(N)CC2=O)n1. The standard InChI is InChI=1S/C10H11N5OS/c1-17-10-13-4-6(3-11)9(14-10)15-5-7(12)2-8(15)16/h4,7H,2,5,12H2,1H3. The number of anilines is 1. The van der Waals surface area contributed by atoms with E-state index in [-0.39, 0.29) is 11.9 Å². The Morgan fingerprint density at radius 3 is 3.00 bits per heavy atom. The number of nitrogens with two attached hydrogens (primary N) is 1. The summed E-state index contributed by atoms with van der Waals surface area (Å²) >= 11 is 1.36. The molecular formula is C10H11N5OS. The minimum Gasteiger partial charge on any atom is -0.326 e. The topological polar surface area (TPSA) is 95.9 Å². The fourth-order valence-corrected chi connectivity index (χ4v) is 2.02. The number of carbonyl (C=O) groups excluding carboxylic acids is 1. The van der Waals surface area contributed by atoms with Crippen LogP contribution < -0.4 is 10.6 Å². The highest BCUT2D eigenvalue weighted by Crippen LogP contribution is 2.24. The maximum Gasteiger partial charge on any atom is 0.229 e. The van der Waals surface area contributed by atoms with Gasteiger partial charge in [0.1, 0.15) is 11.6 Å². The van der Waals surface area contributed by atoms with Crippen LogP contribution in [0.1, 0.15) is 12.0 Å². The van der Waals surface area contributed by atoms with Crippen molar-refractivity contribution in [3.05, 3.63) is 11.8 Å². The number of nitriles is 1. The molecule has 1 aromatic heterocycles. The zero-order valence-electron chi connectivity index (χ0n) is 9.25. The van der Waals surface area contributed by atoms with Crippen molar-refractivity contribution >= 4 is 23.5 Å². The molecule has 0 radical (unpaired) electrons. The fraction of sp³-hybridized carbons (Fsp3) is 0.400. The molecule has 1 saturated heterocycles. The van der Waals surface area contributed by atoms with E-state index in [1.807, 2.05) is 12.3 Å². The molecular weight excluding hydrogens is 238 g/mol. The van der Waals surface area contributed by atoms with Crippen LogP contribution >= 0.6 is 11.8 Å². The molecule has 7 heteroatoms. The van der Waals surface area contributed by atoms with Gasteiger partial charge in [0.25, 0.3) is 0 Å². The first-order chi connectivity index (χ1) is 8.15. The van der Waals surface area contributed by atoms with Gasteiger partial charge in [0.15, 0.2) is 11.0 Å². The second-order valence-electron chi connectivity index (χ2n) is 3.67. The molecule has 0 bridgehead atoms. The number of rotatable bonds is 2. The monoisotopic (exact) mass is 249 g/mol. The molecule has 2 N–H and O–H groups in total. The van der Waals surface area contributed by atoms with Gasteiger partial charge in [0.2, 0.25) is 5.91 Å². The number of thioether (sulfide) groups is 1. The Morgan fingerprint density at radius 1 is 1.71 bits per heavy atom. The van der Waals surface area contributed by atoms with Crippen molar-refractivity contribution in [3.63, 3.8) is 0 Å². The average molecular weight is 249 g/mol. The predicted octanol–water partition coefficient (Wildman–Crippen LogP) is 0.134. The summed E-state index contributed by atoms with van der Waals surface area (Å²) in [4.78, 5) is 21.4. The summed E-state index contributed by atoms with van der Waals surface area (Å²) in [7, 11) is 0. The smallest absolute Gasteiger partial charge is 0.229 e. The Balaban J connectivity index is 2.43. The van der Waals surface area contributed by atoms with Gasteiger partial charge in [0, 0.05) is 19.0 Å². The van der Waals surface area contributed by atoms with Crippen LogP contribution in [0.2, 0.25) is 0 Å². The van der Waals surface area contributed by atoms with Crippen molar-refractivity contribution in [1.29, 1.82) is 5.26 Å². The number of carbonyl (C=O) groups is 1. The molecule has 1 aliphatic heterocycles. The van der Waals surface area contributed by atoms with E-state index in [0.717, 1.165) is 0 Å². The van der Waals surface area contributed by atoms with Gasteiger partial charge in [-0.05, 0) is 6.26 Å². The molecule has 0 aliphatic carbocycles. The van der Waals surface area contributed by atoms with Crippen molar-refractivity contribution in [2.24, 2.45) is 5.73 Å². The lowest BCUT2D eigenvalue weighted by molar-refractivity contribution is -0.117. The molecule has 1 aromatic rings. The summed E-state index contributed by atoms with van der Waals surface area (Å²) in [5, 5.41) is 9.52. The molecule has 0 saturated carbocycles. The minimum atomic E-state index is -0.193. The molecule has 88 valence electrons. The van der Waals surface area contributed by atoms with Gasteiger partial charge in [-0.3, -0.25) is 9.69 Å². The molecule has 17 heavy (non-hydrogen) atoms. The number of hydrogen-bond donors (Lipinski definition) is 1. The first-order valence-electron chi connectivity index (χ1n) is 5.02. The molecule has 0 spiro atoms. The lowest BCUT2D eigenvalue weighted by Crippen LogP contribution is -2.29. The Labute approximate surface area is 103 Å². The second kappa shape index (κ2) is 4.69. The number of nitrogens with zero attached hydrogens (tertiary/aromatic N) is 4. The molecule has 1 aliphatic rings. The summed E-state index contributed by atoms with van der Waals surface area (Å²) < 4.78 is 0. The predicted molar refractivity (Wildman–Crippen MR) is 63.5 cm³/mol. The van der Waals surface area contributed by atoms with E-state index in [0.29, 0.717) is 29.5 Å². The largest absolute Gasteiger partial charge is 0.326 e. The number of hydrogen-bond acceptors (Lipinski definition) is 6. The van der Waals surface area contributed by atoms with Crippen LogP contribution in [0.3, 0.4) is 0 Å². The van der Waals surface area contributed by atoms with E-state index in [9.17, 15) is 4.79 Å². The van der Waals surface area contributed by atoms with E-state index in [1.54, 1.807) is 0 Å². The van der Waals surface area contributed by atoms with Crippen LogP contribution in [-0.2, 0) is 4.79 Å². The summed E-state index contributed by atoms with van der Waals surface area (Å²) in [6.07, 6.45) is 3.57. The Hall–Kier alpha value is -1.65. The maximum atomic E-state index is 11.7. The molecule has 2 heterocycles. The number of amides is 1. The van der Waals surface area contributed by atoms with Crippen molar-refractivity contribution in [1.82, 2.24) is 9.97 Å². The van der Waals surface area contributed by atoms with Crippen LogP contribution in [0.4, 0.5) is 5.82 Å². The van der Waals surface area contributed by atoms with Gasteiger partial charge in [-0.15, -0.1) is 0 Å². The van der Waals surface area contributed by atoms with Crippen LogP contribution in [0.5, 0.6) is 0 Å². The first-order valence-corrected chi connectivity index (χ1v) is 6.25. The number of aromatic nitrogens is 2. The van der Waals surface area contributed by atoms with E-state index >= 15 is 0 Å². The molecule has 1 atom stereocenters. The van der Waals surface area contributed by atoms with Gasteiger partial charge < -0.3 is 5.73 Å². The summed E-state index contributed by atoms with van der Waals surface area (Å²) in [6.45, 7) is 0.401. The highest BCUT2D eigenvalue weighted by Gasteiger charge is 2.30. The second-order valence-corrected chi connectivity index (χ2v) is 4.45. The minimum absolute atomic E-state index is 0.0975. The third-order valence-electron chi connectivity index (χ3n) is 2.46. The van der Waals surface area contributed by atoms with E-state index in [1.165, 1.54) is 22.9 Å². The Kier molecular flexibility index (Phi) is 3.26. The zero-order valence-corrected chi connectivity index (χ0v) is 10.1. The quantitative estimate of drug-likeness (QED) is 0.591. The Morgan fingerprint density at radius 2 is 2.47 bits per heavy atom. The van der Waals surface area contributed by atoms with Gasteiger partial charge in [-0.1, -0.05) is 11.8 Å². The van der Waals surface area contributed by atoms with Gasteiger partial charge in [0.05, 0.1) is 6.20 Å². The third kappa shape index (κ3) is 2.23. The highest BCUT2D eigenvalue weighted by atomic mass is 32.2. The zero-order chi connectivity index (χ0) is 12.4. The van der Waals surface area contributed by atoms with Gasteiger partial charge in [-0.2, -0.15) is 5.26 Å². The summed E-state index contributed by atoms with van der Waals surface area (Å²) in [5.74, 6) is 0.268. The van der Waals surface area contributed by atoms with Crippen LogP contribution in [-0.4, -0.2) is 34.7 Å². The lowest BCUT2D eigenvalue weighted by Gasteiger charge is -2.16. The molecule has 0 aromatic carbocycles. The first kappa shape index (κ1) is 11.8. The molecule has 1 fully saturated rings. The summed E-state index contributed by atoms with van der Waals surface area (Å²) in [5.41, 5.74) is 6.02. The molecule has 6 nitrogen and oxygen atoms in total. The highest BCUT2D eigenvalue weighted by molar-refractivity contribution is 7.98. The van der Waals surface area contributed by atoms with Crippen LogP contribution in [0.15, 0.2) is 11.4 Å². The van der Waals surface area contributed by atoms with E-state index in [4.69, 9.17) is 11.0 Å².